The van der Waals surface area contributed by atoms with E-state index in [-0.39, 0.29) is 43.3 Å². The molecule has 2 aromatic carbocycles. The lowest BCUT2D eigenvalue weighted by Crippen LogP contribution is -2.32. The Hall–Kier alpha value is -4.54. The number of hydrogen-bond acceptors (Lipinski definition) is 8. The molecule has 4 aromatic heterocycles. The minimum atomic E-state index is -0.450. The minimum Gasteiger partial charge on any atom is -0.366 e. The fourth-order valence-electron chi connectivity index (χ4n) is 5.08. The SMILES string of the molecule is CC(Nc1c(-c2ccc(F)cc2Cl)c(Cl)nc2c(C#N)cnn12)C(C)(C)C.CC(Nc1c(-c2ccc(F)cc2Cl)c(Cl)nc2c(C=O)cnn12)C(C)(C)C.CCC(C)C. The molecule has 6 aromatic rings. The maximum Gasteiger partial charge on any atom is 0.176 e. The van der Waals surface area contributed by atoms with Crippen LogP contribution in [-0.4, -0.2) is 47.6 Å². The predicted molar refractivity (Wildman–Crippen MR) is 237 cm³/mol. The van der Waals surface area contributed by atoms with E-state index in [1.165, 1.54) is 52.1 Å². The Balaban J connectivity index is 0.000000234. The molecule has 4 heterocycles. The zero-order valence-electron chi connectivity index (χ0n) is 34.9. The van der Waals surface area contributed by atoms with E-state index in [2.05, 4.69) is 99.2 Å². The van der Waals surface area contributed by atoms with Crippen LogP contribution in [0.2, 0.25) is 20.4 Å². The summed E-state index contributed by atoms with van der Waals surface area (Å²) in [5.41, 5.74) is 3.18. The lowest BCUT2D eigenvalue weighted by atomic mass is 9.88. The van der Waals surface area contributed by atoms with Gasteiger partial charge < -0.3 is 10.6 Å². The molecular formula is C43H49Cl4F2N9O. The summed E-state index contributed by atoms with van der Waals surface area (Å²) in [6.45, 7) is 23.3. The molecule has 10 nitrogen and oxygen atoms in total. The summed E-state index contributed by atoms with van der Waals surface area (Å²) in [5, 5.41) is 25.4. The summed E-state index contributed by atoms with van der Waals surface area (Å²) in [4.78, 5) is 20.0. The van der Waals surface area contributed by atoms with Crippen molar-refractivity contribution in [3.05, 3.63) is 91.9 Å². The van der Waals surface area contributed by atoms with Gasteiger partial charge in [-0.05, 0) is 67.0 Å². The fraction of sp³-hybridized carbons (Fsp3) is 0.395. The molecule has 0 aliphatic carbocycles. The highest BCUT2D eigenvalue weighted by molar-refractivity contribution is 6.37. The number of rotatable bonds is 8. The molecule has 16 heteroatoms. The fourth-order valence-corrected chi connectivity index (χ4v) is 6.15. The van der Waals surface area contributed by atoms with Crippen LogP contribution in [0.5, 0.6) is 0 Å². The summed E-state index contributed by atoms with van der Waals surface area (Å²) in [6.07, 6.45) is 4.84. The minimum absolute atomic E-state index is 0.0148. The Bertz CT molecular complexity index is 2500. The molecule has 0 amide bonds. The van der Waals surface area contributed by atoms with Gasteiger partial charge in [0, 0.05) is 23.2 Å². The standard InChI is InChI=1S/C19H18Cl2FN5.C19H19Cl2FN4O.C5H12/c1-10(19(2,3)4)25-18-15(13-6-5-12(22)7-14(13)20)16(21)26-17-11(8-23)9-24-27(17)18;1-10(19(2,3)4)24-18-15(13-6-5-12(22)7-14(13)20)16(21)25-17-11(9-27)8-23-26(17)18;1-4-5(2)3/h5-7,9-10,25H,1-4H3;5-10,24H,1-4H3;5H,4H2,1-3H3. The molecule has 0 bridgehead atoms. The number of nitrogens with zero attached hydrogens (tertiary/aromatic N) is 7. The summed E-state index contributed by atoms with van der Waals surface area (Å²) in [5.74, 6) is 1.07. The highest BCUT2D eigenvalue weighted by Gasteiger charge is 2.28. The number of aldehydes is 1. The Morgan fingerprint density at radius 3 is 1.53 bits per heavy atom. The van der Waals surface area contributed by atoms with Crippen molar-refractivity contribution in [2.75, 3.05) is 10.6 Å². The van der Waals surface area contributed by atoms with Crippen LogP contribution < -0.4 is 10.6 Å². The maximum absolute atomic E-state index is 13.5. The molecular weight excluding hydrogens is 838 g/mol. The van der Waals surface area contributed by atoms with Gasteiger partial charge >= 0.3 is 0 Å². The average Bonchev–Trinajstić information content (AvgIpc) is 3.76. The Morgan fingerprint density at radius 2 is 1.15 bits per heavy atom. The number of nitriles is 1. The zero-order chi connectivity index (χ0) is 44.1. The molecule has 6 rings (SSSR count). The molecule has 0 fully saturated rings. The van der Waals surface area contributed by atoms with Crippen molar-refractivity contribution in [1.82, 2.24) is 29.2 Å². The van der Waals surface area contributed by atoms with Crippen molar-refractivity contribution < 1.29 is 13.6 Å². The largest absolute Gasteiger partial charge is 0.366 e. The topological polar surface area (TPSA) is 125 Å². The first-order chi connectivity index (χ1) is 27.5. The summed E-state index contributed by atoms with van der Waals surface area (Å²) >= 11 is 25.5. The quantitative estimate of drug-likeness (QED) is 0.114. The molecule has 2 N–H and O–H groups in total. The van der Waals surface area contributed by atoms with Gasteiger partial charge in [0.15, 0.2) is 17.6 Å². The monoisotopic (exact) mass is 885 g/mol. The van der Waals surface area contributed by atoms with Gasteiger partial charge in [-0.3, -0.25) is 4.79 Å². The number of halogens is 6. The van der Waals surface area contributed by atoms with Gasteiger partial charge in [-0.15, -0.1) is 0 Å². The number of hydrogen-bond donors (Lipinski definition) is 2. The molecule has 0 aliphatic rings. The van der Waals surface area contributed by atoms with Crippen LogP contribution in [-0.2, 0) is 0 Å². The smallest absolute Gasteiger partial charge is 0.176 e. The van der Waals surface area contributed by atoms with E-state index in [9.17, 15) is 18.8 Å². The van der Waals surface area contributed by atoms with Gasteiger partial charge in [0.05, 0.1) is 39.1 Å². The van der Waals surface area contributed by atoms with Crippen molar-refractivity contribution >= 4 is 75.6 Å². The summed E-state index contributed by atoms with van der Waals surface area (Å²) in [7, 11) is 0. The highest BCUT2D eigenvalue weighted by atomic mass is 35.5. The van der Waals surface area contributed by atoms with Gasteiger partial charge in [0.25, 0.3) is 0 Å². The van der Waals surface area contributed by atoms with E-state index in [4.69, 9.17) is 46.4 Å². The van der Waals surface area contributed by atoms with Crippen LogP contribution in [0.4, 0.5) is 20.4 Å². The van der Waals surface area contributed by atoms with E-state index >= 15 is 0 Å². The van der Waals surface area contributed by atoms with Crippen molar-refractivity contribution in [2.24, 2.45) is 16.7 Å². The van der Waals surface area contributed by atoms with Crippen LogP contribution in [0.25, 0.3) is 33.5 Å². The van der Waals surface area contributed by atoms with E-state index in [0.717, 1.165) is 5.92 Å². The molecule has 0 saturated carbocycles. The van der Waals surface area contributed by atoms with E-state index in [1.54, 1.807) is 12.1 Å². The van der Waals surface area contributed by atoms with Gasteiger partial charge in [-0.2, -0.15) is 24.5 Å². The highest BCUT2D eigenvalue weighted by Crippen LogP contribution is 2.42. The molecule has 2 atom stereocenters. The second kappa shape index (κ2) is 19.2. The number of aromatic nitrogens is 6. The number of carbonyl (C=O) groups excluding carboxylic acids is 1. The summed E-state index contributed by atoms with van der Waals surface area (Å²) < 4.78 is 30.1. The molecule has 0 aliphatic heterocycles. The van der Waals surface area contributed by atoms with Crippen LogP contribution in [0.1, 0.15) is 98.5 Å². The molecule has 314 valence electrons. The van der Waals surface area contributed by atoms with Crippen LogP contribution >= 0.6 is 46.4 Å². The van der Waals surface area contributed by atoms with Crippen LogP contribution in [0.3, 0.4) is 0 Å². The zero-order valence-corrected chi connectivity index (χ0v) is 38.0. The Kier molecular flexibility index (Phi) is 15.4. The van der Waals surface area contributed by atoms with Crippen molar-refractivity contribution in [3.8, 4) is 28.3 Å². The lowest BCUT2D eigenvalue weighted by molar-refractivity contribution is 0.112. The number of benzene rings is 2. The molecule has 59 heavy (non-hydrogen) atoms. The summed E-state index contributed by atoms with van der Waals surface area (Å²) in [6, 6.07) is 10.2. The first kappa shape index (κ1) is 47.1. The molecule has 0 spiro atoms. The third kappa shape index (κ3) is 11.0. The van der Waals surface area contributed by atoms with E-state index < -0.39 is 11.6 Å². The number of anilines is 2. The lowest BCUT2D eigenvalue weighted by Gasteiger charge is -2.30. The third-order valence-electron chi connectivity index (χ3n) is 10.0. The van der Waals surface area contributed by atoms with Crippen LogP contribution in [0, 0.1) is 39.7 Å². The van der Waals surface area contributed by atoms with Crippen LogP contribution in [0.15, 0.2) is 48.8 Å². The normalized spacial score (nSPS) is 12.6. The van der Waals surface area contributed by atoms with Crippen molar-refractivity contribution in [1.29, 1.82) is 5.26 Å². The van der Waals surface area contributed by atoms with Gasteiger partial charge in [-0.25, -0.2) is 18.7 Å². The predicted octanol–water partition coefficient (Wildman–Crippen LogP) is 13.1. The number of carbonyl (C=O) groups is 1. The van der Waals surface area contributed by atoms with E-state index in [1.807, 2.05) is 13.8 Å². The second-order valence-electron chi connectivity index (χ2n) is 16.6. The average molecular weight is 888 g/mol. The molecule has 0 radical (unpaired) electrons. The van der Waals surface area contributed by atoms with Gasteiger partial charge in [-0.1, -0.05) is 115 Å². The second-order valence-corrected chi connectivity index (χ2v) is 18.2. The van der Waals surface area contributed by atoms with Gasteiger partial charge in [0.1, 0.15) is 45.2 Å². The maximum atomic E-state index is 13.5. The van der Waals surface area contributed by atoms with E-state index in [0.29, 0.717) is 62.6 Å². The Labute approximate surface area is 364 Å². The van der Waals surface area contributed by atoms with Gasteiger partial charge in [0.2, 0.25) is 0 Å². The first-order valence-electron chi connectivity index (χ1n) is 19.0. The van der Waals surface area contributed by atoms with Crippen molar-refractivity contribution in [3.63, 3.8) is 0 Å². The molecule has 2 unspecified atom stereocenters. The Morgan fingerprint density at radius 1 is 0.746 bits per heavy atom. The first-order valence-corrected chi connectivity index (χ1v) is 20.5. The third-order valence-corrected chi connectivity index (χ3v) is 11.2. The number of fused-ring (bicyclic) bond motifs is 2. The van der Waals surface area contributed by atoms with Crippen molar-refractivity contribution in [2.45, 2.75) is 94.7 Å². The number of nitrogens with one attached hydrogen (secondary N) is 2. The molecule has 0 saturated heterocycles.